The van der Waals surface area contributed by atoms with E-state index < -0.39 is 0 Å². The van der Waals surface area contributed by atoms with E-state index in [2.05, 4.69) is 32.7 Å². The molecule has 1 aliphatic rings. The second kappa shape index (κ2) is 6.24. The van der Waals surface area contributed by atoms with Gasteiger partial charge in [0.15, 0.2) is 11.8 Å². The van der Waals surface area contributed by atoms with Crippen LogP contribution >= 0.6 is 0 Å². The van der Waals surface area contributed by atoms with Gasteiger partial charge in [-0.05, 0) is 31.6 Å². The van der Waals surface area contributed by atoms with E-state index in [1.165, 1.54) is 25.7 Å². The minimum Gasteiger partial charge on any atom is -0.356 e. The van der Waals surface area contributed by atoms with E-state index >= 15 is 0 Å². The van der Waals surface area contributed by atoms with Crippen molar-refractivity contribution in [3.8, 4) is 0 Å². The van der Waals surface area contributed by atoms with Gasteiger partial charge in [-0.15, -0.1) is 10.2 Å². The molecule has 0 aliphatic heterocycles. The molecule has 0 bridgehead atoms. The van der Waals surface area contributed by atoms with Crippen LogP contribution in [0, 0.1) is 12.3 Å². The Balaban J connectivity index is 1.82. The Bertz CT molecular complexity index is 466. The van der Waals surface area contributed by atoms with Gasteiger partial charge in [-0.2, -0.15) is 0 Å². The summed E-state index contributed by atoms with van der Waals surface area (Å²) < 4.78 is 1.99. The first-order chi connectivity index (χ1) is 9.60. The highest BCUT2D eigenvalue weighted by Crippen LogP contribution is 2.42. The monoisotopic (exact) mass is 278 g/mol. The van der Waals surface area contributed by atoms with Crippen LogP contribution in [0.2, 0.25) is 0 Å². The molecule has 0 atom stereocenters. The Morgan fingerprint density at radius 3 is 2.55 bits per heavy atom. The SMILES string of the molecule is CCC1(CNC(=NC)NCc2nnc(C)n2C)CCC1. The molecule has 2 N–H and O–H groups in total. The van der Waals surface area contributed by atoms with Crippen molar-refractivity contribution >= 4 is 5.96 Å². The molecule has 0 spiro atoms. The number of aromatic nitrogens is 3. The summed E-state index contributed by atoms with van der Waals surface area (Å²) in [5, 5.41) is 14.9. The fourth-order valence-electron chi connectivity index (χ4n) is 2.59. The van der Waals surface area contributed by atoms with E-state index in [4.69, 9.17) is 0 Å². The second-order valence-corrected chi connectivity index (χ2v) is 5.71. The van der Waals surface area contributed by atoms with E-state index in [0.29, 0.717) is 12.0 Å². The molecule has 0 aromatic carbocycles. The Morgan fingerprint density at radius 1 is 1.35 bits per heavy atom. The van der Waals surface area contributed by atoms with Crippen LogP contribution in [0.4, 0.5) is 0 Å². The molecule has 0 saturated heterocycles. The van der Waals surface area contributed by atoms with Gasteiger partial charge < -0.3 is 15.2 Å². The molecular formula is C14H26N6. The summed E-state index contributed by atoms with van der Waals surface area (Å²) in [5.74, 6) is 2.67. The summed E-state index contributed by atoms with van der Waals surface area (Å²) in [4.78, 5) is 4.27. The van der Waals surface area contributed by atoms with Crippen molar-refractivity contribution in [2.75, 3.05) is 13.6 Å². The molecule has 0 radical (unpaired) electrons. The Labute approximate surface area is 121 Å². The molecule has 6 heteroatoms. The zero-order valence-electron chi connectivity index (χ0n) is 13.0. The molecule has 1 aromatic rings. The number of guanidine groups is 1. The lowest BCUT2D eigenvalue weighted by atomic mass is 9.67. The van der Waals surface area contributed by atoms with Crippen molar-refractivity contribution in [1.82, 2.24) is 25.4 Å². The largest absolute Gasteiger partial charge is 0.356 e. The maximum atomic E-state index is 4.27. The fraction of sp³-hybridized carbons (Fsp3) is 0.786. The van der Waals surface area contributed by atoms with Crippen molar-refractivity contribution < 1.29 is 0 Å². The summed E-state index contributed by atoms with van der Waals surface area (Å²) in [7, 11) is 3.78. The number of nitrogens with one attached hydrogen (secondary N) is 2. The molecule has 0 unspecified atom stereocenters. The van der Waals surface area contributed by atoms with Gasteiger partial charge in [0, 0.05) is 20.6 Å². The standard InChI is InChI=1S/C14H26N6/c1-5-14(7-6-8-14)10-17-13(15-3)16-9-12-19-18-11(2)20(12)4/h5-10H2,1-4H3,(H2,15,16,17). The third-order valence-corrected chi connectivity index (χ3v) is 4.62. The van der Waals surface area contributed by atoms with Crippen LogP contribution < -0.4 is 10.6 Å². The third kappa shape index (κ3) is 3.11. The Morgan fingerprint density at radius 2 is 2.10 bits per heavy atom. The van der Waals surface area contributed by atoms with E-state index in [1.54, 1.807) is 7.05 Å². The van der Waals surface area contributed by atoms with Crippen molar-refractivity contribution in [3.63, 3.8) is 0 Å². The topological polar surface area (TPSA) is 67.1 Å². The summed E-state index contributed by atoms with van der Waals surface area (Å²) in [5.41, 5.74) is 0.485. The molecule has 1 aliphatic carbocycles. The number of aryl methyl sites for hydroxylation is 1. The summed E-state index contributed by atoms with van der Waals surface area (Å²) in [6.45, 7) is 5.86. The average molecular weight is 278 g/mol. The van der Waals surface area contributed by atoms with Crippen molar-refractivity contribution in [2.24, 2.45) is 17.5 Å². The van der Waals surface area contributed by atoms with Gasteiger partial charge in [0.1, 0.15) is 5.82 Å². The van der Waals surface area contributed by atoms with Crippen LogP contribution in [0.1, 0.15) is 44.3 Å². The number of hydrogen-bond acceptors (Lipinski definition) is 3. The maximum absolute atomic E-state index is 4.27. The number of rotatable bonds is 5. The van der Waals surface area contributed by atoms with Gasteiger partial charge in [0.25, 0.3) is 0 Å². The Hall–Kier alpha value is -1.59. The predicted octanol–water partition coefficient (Wildman–Crippen LogP) is 1.37. The van der Waals surface area contributed by atoms with Gasteiger partial charge >= 0.3 is 0 Å². The maximum Gasteiger partial charge on any atom is 0.191 e. The van der Waals surface area contributed by atoms with E-state index in [0.717, 1.165) is 24.2 Å². The summed E-state index contributed by atoms with van der Waals surface area (Å²) in [6.07, 6.45) is 5.26. The molecule has 1 saturated carbocycles. The third-order valence-electron chi connectivity index (χ3n) is 4.62. The van der Waals surface area contributed by atoms with Crippen LogP contribution in [0.3, 0.4) is 0 Å². The zero-order chi connectivity index (χ0) is 14.6. The van der Waals surface area contributed by atoms with Gasteiger partial charge in [-0.3, -0.25) is 4.99 Å². The van der Waals surface area contributed by atoms with Crippen molar-refractivity contribution in [2.45, 2.75) is 46.1 Å². The van der Waals surface area contributed by atoms with Crippen LogP contribution in [0.5, 0.6) is 0 Å². The van der Waals surface area contributed by atoms with Gasteiger partial charge in [-0.1, -0.05) is 13.3 Å². The van der Waals surface area contributed by atoms with E-state index in [1.807, 2.05) is 18.5 Å². The van der Waals surface area contributed by atoms with Gasteiger partial charge in [-0.25, -0.2) is 0 Å². The van der Waals surface area contributed by atoms with Crippen molar-refractivity contribution in [1.29, 1.82) is 0 Å². The number of hydrogen-bond donors (Lipinski definition) is 2. The normalized spacial score (nSPS) is 17.7. The quantitative estimate of drug-likeness (QED) is 0.630. The lowest BCUT2D eigenvalue weighted by Gasteiger charge is -2.41. The molecule has 112 valence electrons. The smallest absolute Gasteiger partial charge is 0.191 e. The Kier molecular flexibility index (Phi) is 4.62. The van der Waals surface area contributed by atoms with Crippen LogP contribution in [0.25, 0.3) is 0 Å². The van der Waals surface area contributed by atoms with Crippen LogP contribution in [-0.4, -0.2) is 34.3 Å². The van der Waals surface area contributed by atoms with Gasteiger partial charge in [0.05, 0.1) is 6.54 Å². The van der Waals surface area contributed by atoms with Crippen LogP contribution in [-0.2, 0) is 13.6 Å². The highest BCUT2D eigenvalue weighted by atomic mass is 15.3. The minimum absolute atomic E-state index is 0.485. The first-order valence-corrected chi connectivity index (χ1v) is 7.39. The average Bonchev–Trinajstić information content (AvgIpc) is 2.73. The minimum atomic E-state index is 0.485. The molecule has 20 heavy (non-hydrogen) atoms. The van der Waals surface area contributed by atoms with Crippen LogP contribution in [0.15, 0.2) is 4.99 Å². The first kappa shape index (κ1) is 14.8. The predicted molar refractivity (Wildman–Crippen MR) is 80.5 cm³/mol. The molecule has 6 nitrogen and oxygen atoms in total. The second-order valence-electron chi connectivity index (χ2n) is 5.71. The zero-order valence-corrected chi connectivity index (χ0v) is 13.0. The molecule has 1 heterocycles. The van der Waals surface area contributed by atoms with E-state index in [9.17, 15) is 0 Å². The molecule has 1 fully saturated rings. The summed E-state index contributed by atoms with van der Waals surface area (Å²) in [6, 6.07) is 0. The highest BCUT2D eigenvalue weighted by molar-refractivity contribution is 5.79. The molecule has 0 amide bonds. The number of nitrogens with zero attached hydrogens (tertiary/aromatic N) is 4. The lowest BCUT2D eigenvalue weighted by Crippen LogP contribution is -2.46. The van der Waals surface area contributed by atoms with E-state index in [-0.39, 0.29) is 0 Å². The number of aliphatic imine (C=N–C) groups is 1. The first-order valence-electron chi connectivity index (χ1n) is 7.39. The summed E-state index contributed by atoms with van der Waals surface area (Å²) >= 11 is 0. The lowest BCUT2D eigenvalue weighted by molar-refractivity contribution is 0.131. The molecular weight excluding hydrogens is 252 g/mol. The highest BCUT2D eigenvalue weighted by Gasteiger charge is 2.34. The molecule has 1 aromatic heterocycles. The molecule has 2 rings (SSSR count). The van der Waals surface area contributed by atoms with Gasteiger partial charge in [0.2, 0.25) is 0 Å². The van der Waals surface area contributed by atoms with Crippen molar-refractivity contribution in [3.05, 3.63) is 11.6 Å². The fourth-order valence-corrected chi connectivity index (χ4v) is 2.59.